The van der Waals surface area contributed by atoms with Gasteiger partial charge < -0.3 is 28.6 Å². The molecule has 0 aliphatic carbocycles. The SMILES string of the molecule is COC(=O)C1CCN(CC2OCCc3cc(OC)ccc32)CC1.COc1ccc2c(c1)CCOC2CBr. The number of carbonyl (C=O) groups excluding carboxylic acids is 1. The fourth-order valence-corrected chi connectivity index (χ4v) is 5.85. The largest absolute Gasteiger partial charge is 0.497 e. The summed E-state index contributed by atoms with van der Waals surface area (Å²) in [5.41, 5.74) is 5.23. The van der Waals surface area contributed by atoms with E-state index in [1.807, 2.05) is 12.1 Å². The Morgan fingerprint density at radius 1 is 0.892 bits per heavy atom. The Bertz CT molecular complexity index is 1040. The molecule has 2 aromatic rings. The molecule has 2 aromatic carbocycles. The molecule has 7 nitrogen and oxygen atoms in total. The van der Waals surface area contributed by atoms with Crippen LogP contribution >= 0.6 is 15.9 Å². The molecule has 2 atom stereocenters. The molecular weight excluding hydrogens is 538 g/mol. The van der Waals surface area contributed by atoms with Crippen molar-refractivity contribution in [3.8, 4) is 11.5 Å². The Morgan fingerprint density at radius 3 is 1.95 bits per heavy atom. The third-order valence-corrected chi connectivity index (χ3v) is 8.05. The summed E-state index contributed by atoms with van der Waals surface area (Å²) in [5, 5.41) is 0.854. The minimum atomic E-state index is -0.0731. The fourth-order valence-electron chi connectivity index (χ4n) is 5.31. The van der Waals surface area contributed by atoms with Crippen LogP contribution in [0.25, 0.3) is 0 Å². The number of methoxy groups -OCH3 is 3. The standard InChI is InChI=1S/C18H25NO4.C11H13BrO2/c1-21-15-3-4-16-14(11-15)7-10-23-17(16)12-19-8-5-13(6-9-19)18(20)22-2;1-13-9-2-3-10-8(6-9)4-5-14-11(10)7-12/h3-4,11,13,17H,5-10,12H2,1-2H3;2-3,6,11H,4-5,7H2,1H3. The third kappa shape index (κ3) is 7.05. The summed E-state index contributed by atoms with van der Waals surface area (Å²) in [6, 6.07) is 12.4. The first-order valence-corrected chi connectivity index (χ1v) is 14.1. The lowest BCUT2D eigenvalue weighted by atomic mass is 9.94. The van der Waals surface area contributed by atoms with Crippen LogP contribution in [0.3, 0.4) is 0 Å². The molecule has 0 bridgehead atoms. The van der Waals surface area contributed by atoms with Gasteiger partial charge in [-0.2, -0.15) is 0 Å². The first-order valence-electron chi connectivity index (χ1n) is 13.0. The smallest absolute Gasteiger partial charge is 0.308 e. The van der Waals surface area contributed by atoms with Crippen molar-refractivity contribution < 1.29 is 28.5 Å². The monoisotopic (exact) mass is 575 g/mol. The Labute approximate surface area is 228 Å². The second-order valence-electron chi connectivity index (χ2n) is 9.60. The Morgan fingerprint density at radius 2 is 1.43 bits per heavy atom. The number of hydrogen-bond acceptors (Lipinski definition) is 7. The molecule has 37 heavy (non-hydrogen) atoms. The summed E-state index contributed by atoms with van der Waals surface area (Å²) < 4.78 is 27.0. The Balaban J connectivity index is 0.000000195. The molecule has 0 spiro atoms. The van der Waals surface area contributed by atoms with E-state index in [0.29, 0.717) is 0 Å². The maximum atomic E-state index is 11.6. The zero-order valence-corrected chi connectivity index (χ0v) is 23.6. The maximum Gasteiger partial charge on any atom is 0.308 e. The number of fused-ring (bicyclic) bond motifs is 2. The van der Waals surface area contributed by atoms with Crippen LogP contribution in [0.2, 0.25) is 0 Å². The molecule has 0 saturated carbocycles. The third-order valence-electron chi connectivity index (χ3n) is 7.46. The molecule has 0 aromatic heterocycles. The minimum absolute atomic E-state index is 0.0556. The second-order valence-corrected chi connectivity index (χ2v) is 10.2. The summed E-state index contributed by atoms with van der Waals surface area (Å²) in [7, 11) is 4.86. The lowest BCUT2D eigenvalue weighted by Crippen LogP contribution is -2.40. The number of hydrogen-bond donors (Lipinski definition) is 0. The van der Waals surface area contributed by atoms with E-state index >= 15 is 0 Å². The van der Waals surface area contributed by atoms with E-state index in [0.717, 1.165) is 75.4 Å². The minimum Gasteiger partial charge on any atom is -0.497 e. The zero-order valence-electron chi connectivity index (χ0n) is 22.0. The number of nitrogens with zero attached hydrogens (tertiary/aromatic N) is 1. The van der Waals surface area contributed by atoms with Crippen molar-refractivity contribution in [3.63, 3.8) is 0 Å². The molecule has 1 fully saturated rings. The van der Waals surface area contributed by atoms with E-state index in [2.05, 4.69) is 45.1 Å². The van der Waals surface area contributed by atoms with Crippen LogP contribution in [0.1, 0.15) is 47.3 Å². The van der Waals surface area contributed by atoms with E-state index in [4.69, 9.17) is 23.7 Å². The van der Waals surface area contributed by atoms with Crippen LogP contribution in [-0.2, 0) is 31.8 Å². The number of alkyl halides is 1. The molecule has 2 unspecified atom stereocenters. The molecule has 3 heterocycles. The molecule has 8 heteroatoms. The van der Waals surface area contributed by atoms with E-state index < -0.39 is 0 Å². The number of likely N-dealkylation sites (tertiary alicyclic amines) is 1. The van der Waals surface area contributed by atoms with Crippen molar-refractivity contribution in [2.75, 3.05) is 59.5 Å². The average Bonchev–Trinajstić information content (AvgIpc) is 2.96. The van der Waals surface area contributed by atoms with Crippen LogP contribution in [-0.4, -0.2) is 70.4 Å². The topological polar surface area (TPSA) is 66.5 Å². The molecule has 202 valence electrons. The molecule has 0 amide bonds. The van der Waals surface area contributed by atoms with Gasteiger partial charge >= 0.3 is 5.97 Å². The lowest BCUT2D eigenvalue weighted by molar-refractivity contribution is -0.147. The van der Waals surface area contributed by atoms with Crippen molar-refractivity contribution in [1.29, 1.82) is 0 Å². The van der Waals surface area contributed by atoms with Gasteiger partial charge in [0.1, 0.15) is 11.5 Å². The van der Waals surface area contributed by atoms with Gasteiger partial charge in [-0.05, 0) is 85.3 Å². The van der Waals surface area contributed by atoms with Crippen LogP contribution in [0, 0.1) is 5.92 Å². The first kappa shape index (κ1) is 27.9. The predicted molar refractivity (Wildman–Crippen MR) is 146 cm³/mol. The summed E-state index contributed by atoms with van der Waals surface area (Å²) in [5.74, 6) is 1.82. The number of piperidine rings is 1. The quantitative estimate of drug-likeness (QED) is 0.358. The van der Waals surface area contributed by atoms with Gasteiger partial charge in [0, 0.05) is 11.9 Å². The van der Waals surface area contributed by atoms with Crippen LogP contribution in [0.15, 0.2) is 36.4 Å². The molecule has 3 aliphatic heterocycles. The van der Waals surface area contributed by atoms with Crippen molar-refractivity contribution in [2.45, 2.75) is 37.9 Å². The van der Waals surface area contributed by atoms with Gasteiger partial charge in [0.15, 0.2) is 0 Å². The summed E-state index contributed by atoms with van der Waals surface area (Å²) >= 11 is 3.46. The molecule has 0 N–H and O–H groups in total. The average molecular weight is 577 g/mol. The van der Waals surface area contributed by atoms with Gasteiger partial charge in [-0.3, -0.25) is 4.79 Å². The van der Waals surface area contributed by atoms with Crippen molar-refractivity contribution in [3.05, 3.63) is 58.7 Å². The highest BCUT2D eigenvalue weighted by Crippen LogP contribution is 2.32. The highest BCUT2D eigenvalue weighted by molar-refractivity contribution is 9.09. The second kappa shape index (κ2) is 13.6. The van der Waals surface area contributed by atoms with Crippen LogP contribution in [0.4, 0.5) is 0 Å². The highest BCUT2D eigenvalue weighted by atomic mass is 79.9. The van der Waals surface area contributed by atoms with Gasteiger partial charge in [0.05, 0.1) is 52.7 Å². The molecule has 0 radical (unpaired) electrons. The number of ether oxygens (including phenoxy) is 5. The summed E-state index contributed by atoms with van der Waals surface area (Å²) in [6.45, 7) is 4.28. The van der Waals surface area contributed by atoms with Gasteiger partial charge in [0.2, 0.25) is 0 Å². The normalized spacial score (nSPS) is 21.6. The van der Waals surface area contributed by atoms with Crippen molar-refractivity contribution >= 4 is 21.9 Å². The Kier molecular flexibility index (Phi) is 10.3. The van der Waals surface area contributed by atoms with E-state index in [9.17, 15) is 4.79 Å². The molecule has 1 saturated heterocycles. The van der Waals surface area contributed by atoms with Gasteiger partial charge in [-0.1, -0.05) is 28.1 Å². The predicted octanol–water partition coefficient (Wildman–Crippen LogP) is 4.90. The first-order chi connectivity index (χ1) is 18.1. The van der Waals surface area contributed by atoms with Crippen molar-refractivity contribution in [1.82, 2.24) is 4.90 Å². The van der Waals surface area contributed by atoms with Gasteiger partial charge in [-0.25, -0.2) is 0 Å². The Hall–Kier alpha value is -2.13. The number of halogens is 1. The number of benzene rings is 2. The van der Waals surface area contributed by atoms with E-state index in [1.165, 1.54) is 29.4 Å². The highest BCUT2D eigenvalue weighted by Gasteiger charge is 2.29. The van der Waals surface area contributed by atoms with E-state index in [1.54, 1.807) is 14.2 Å². The van der Waals surface area contributed by atoms with Crippen molar-refractivity contribution in [2.24, 2.45) is 5.92 Å². The fraction of sp³-hybridized carbons (Fsp3) is 0.552. The summed E-state index contributed by atoms with van der Waals surface area (Å²) in [4.78, 5) is 14.0. The number of esters is 1. The van der Waals surface area contributed by atoms with Crippen LogP contribution < -0.4 is 9.47 Å². The van der Waals surface area contributed by atoms with Gasteiger partial charge in [-0.15, -0.1) is 0 Å². The van der Waals surface area contributed by atoms with Crippen LogP contribution in [0.5, 0.6) is 11.5 Å². The number of rotatable bonds is 6. The molecule has 5 rings (SSSR count). The number of carbonyl (C=O) groups is 1. The molecule has 3 aliphatic rings. The maximum absolute atomic E-state index is 11.6. The summed E-state index contributed by atoms with van der Waals surface area (Å²) in [6.07, 6.45) is 3.97. The van der Waals surface area contributed by atoms with E-state index in [-0.39, 0.29) is 24.1 Å². The molecular formula is C29H38BrNO6. The zero-order chi connectivity index (χ0) is 26.2. The van der Waals surface area contributed by atoms with Gasteiger partial charge in [0.25, 0.3) is 0 Å². The lowest BCUT2D eigenvalue weighted by Gasteiger charge is -2.35.